The third-order valence-electron chi connectivity index (χ3n) is 3.23. The number of carboxylic acids is 1. The molecule has 0 bridgehead atoms. The summed E-state index contributed by atoms with van der Waals surface area (Å²) < 4.78 is 37.9. The molecule has 134 valence electrons. The molecule has 2 aromatic carbocycles. The van der Waals surface area contributed by atoms with Gasteiger partial charge in [0.05, 0.1) is 24.9 Å². The molecule has 0 aliphatic heterocycles. The highest BCUT2D eigenvalue weighted by Crippen LogP contribution is 2.43. The average molecular weight is 431 g/mol. The van der Waals surface area contributed by atoms with Crippen molar-refractivity contribution in [2.75, 3.05) is 20.5 Å². The molecular weight excluding hydrogens is 416 g/mol. The lowest BCUT2D eigenvalue weighted by atomic mass is 10.0. The Morgan fingerprint density at radius 1 is 1.12 bits per heavy atom. The summed E-state index contributed by atoms with van der Waals surface area (Å²) in [7, 11) is -0.842. The van der Waals surface area contributed by atoms with Crippen molar-refractivity contribution < 1.29 is 32.0 Å². The van der Waals surface area contributed by atoms with E-state index in [0.717, 1.165) is 6.26 Å². The Morgan fingerprint density at radius 3 is 2.16 bits per heavy atom. The van der Waals surface area contributed by atoms with E-state index >= 15 is 0 Å². The number of rotatable bonds is 6. The lowest BCUT2D eigenvalue weighted by Crippen LogP contribution is -2.06. The van der Waals surface area contributed by atoms with Crippen molar-refractivity contribution in [2.24, 2.45) is 0 Å². The Hall–Kier alpha value is -2.26. The second-order valence-corrected chi connectivity index (χ2v) is 7.33. The Bertz CT molecular complexity index is 905. The molecule has 0 aliphatic rings. The van der Waals surface area contributed by atoms with Gasteiger partial charge in [0.1, 0.15) is 22.8 Å². The van der Waals surface area contributed by atoms with Gasteiger partial charge in [-0.2, -0.15) is 8.42 Å². The summed E-state index contributed by atoms with van der Waals surface area (Å²) in [6.45, 7) is 0. The maximum Gasteiger partial charge on any atom is 0.340 e. The molecule has 0 saturated carbocycles. The number of halogens is 1. The summed E-state index contributed by atoms with van der Waals surface area (Å²) in [6.07, 6.45) is 0.947. The molecule has 0 spiro atoms. The maximum absolute atomic E-state index is 11.6. The minimum absolute atomic E-state index is 0.0756. The van der Waals surface area contributed by atoms with Crippen LogP contribution in [0.15, 0.2) is 34.8 Å². The zero-order valence-electron chi connectivity index (χ0n) is 13.6. The fraction of sp³-hybridized carbons (Fsp3) is 0.188. The Balaban J connectivity index is 2.62. The van der Waals surface area contributed by atoms with E-state index in [1.54, 1.807) is 18.2 Å². The lowest BCUT2D eigenvalue weighted by Gasteiger charge is -2.16. The zero-order valence-corrected chi connectivity index (χ0v) is 16.0. The van der Waals surface area contributed by atoms with Crippen LogP contribution < -0.4 is 13.7 Å². The molecule has 2 rings (SSSR count). The second-order valence-electron chi connectivity index (χ2n) is 4.97. The lowest BCUT2D eigenvalue weighted by molar-refractivity contribution is 0.0692. The SMILES string of the molecule is COc1cc(-c2ccc(OS(C)(=O)=O)cc2)c(OC)c(C(=O)O)c1Br. The van der Waals surface area contributed by atoms with Crippen LogP contribution in [-0.2, 0) is 10.1 Å². The molecule has 0 fully saturated rings. The van der Waals surface area contributed by atoms with Crippen molar-refractivity contribution in [3.05, 3.63) is 40.4 Å². The summed E-state index contributed by atoms with van der Waals surface area (Å²) in [5.74, 6) is -0.560. The van der Waals surface area contributed by atoms with Crippen LogP contribution in [0.3, 0.4) is 0 Å². The van der Waals surface area contributed by atoms with Crippen molar-refractivity contribution in [1.29, 1.82) is 0 Å². The number of methoxy groups -OCH3 is 2. The summed E-state index contributed by atoms with van der Waals surface area (Å²) in [5, 5.41) is 9.49. The van der Waals surface area contributed by atoms with E-state index in [0.29, 0.717) is 16.9 Å². The number of carboxylic acid groups (broad SMARTS) is 1. The molecule has 1 N–H and O–H groups in total. The topological polar surface area (TPSA) is 99.1 Å². The third kappa shape index (κ3) is 4.23. The summed E-state index contributed by atoms with van der Waals surface area (Å²) in [6, 6.07) is 7.74. The first-order valence-electron chi connectivity index (χ1n) is 6.85. The molecule has 9 heteroatoms. The molecule has 0 unspecified atom stereocenters. The predicted octanol–water partition coefficient (Wildman–Crippen LogP) is 3.17. The largest absolute Gasteiger partial charge is 0.496 e. The fourth-order valence-electron chi connectivity index (χ4n) is 2.25. The highest BCUT2D eigenvalue weighted by atomic mass is 79.9. The van der Waals surface area contributed by atoms with Crippen molar-refractivity contribution in [3.8, 4) is 28.4 Å². The molecule has 0 aromatic heterocycles. The number of hydrogen-bond acceptors (Lipinski definition) is 6. The smallest absolute Gasteiger partial charge is 0.340 e. The van der Waals surface area contributed by atoms with Gasteiger partial charge in [-0.15, -0.1) is 0 Å². The Labute approximate surface area is 153 Å². The molecule has 0 saturated heterocycles. The quantitative estimate of drug-likeness (QED) is 0.702. The molecule has 25 heavy (non-hydrogen) atoms. The van der Waals surface area contributed by atoms with Gasteiger partial charge in [0.2, 0.25) is 0 Å². The predicted molar refractivity (Wildman–Crippen MR) is 95.1 cm³/mol. The first kappa shape index (κ1) is 19.1. The highest BCUT2D eigenvalue weighted by Gasteiger charge is 2.24. The van der Waals surface area contributed by atoms with Crippen LogP contribution in [0.1, 0.15) is 10.4 Å². The normalized spacial score (nSPS) is 11.0. The van der Waals surface area contributed by atoms with Gasteiger partial charge in [0.25, 0.3) is 0 Å². The van der Waals surface area contributed by atoms with Crippen molar-refractivity contribution >= 4 is 32.0 Å². The standard InChI is InChI=1S/C16H15BrO7S/c1-22-12-8-11(15(23-2)13(14(12)17)16(18)19)9-4-6-10(7-5-9)24-25(3,20)21/h4-8H,1-3H3,(H,18,19). The van der Waals surface area contributed by atoms with E-state index in [9.17, 15) is 18.3 Å². The Morgan fingerprint density at radius 2 is 1.72 bits per heavy atom. The molecule has 0 radical (unpaired) electrons. The van der Waals surface area contributed by atoms with E-state index in [2.05, 4.69) is 15.9 Å². The van der Waals surface area contributed by atoms with Gasteiger partial charge < -0.3 is 18.8 Å². The van der Waals surface area contributed by atoms with E-state index < -0.39 is 16.1 Å². The van der Waals surface area contributed by atoms with Crippen LogP contribution in [0.2, 0.25) is 0 Å². The monoisotopic (exact) mass is 430 g/mol. The van der Waals surface area contributed by atoms with Gasteiger partial charge in [-0.25, -0.2) is 4.79 Å². The second kappa shape index (κ2) is 7.32. The van der Waals surface area contributed by atoms with Crippen LogP contribution in [0, 0.1) is 0 Å². The molecule has 0 heterocycles. The molecule has 0 amide bonds. The van der Waals surface area contributed by atoms with E-state index in [1.807, 2.05) is 0 Å². The summed E-state index contributed by atoms with van der Waals surface area (Å²) >= 11 is 3.21. The number of benzene rings is 2. The third-order valence-corrected chi connectivity index (χ3v) is 4.52. The molecule has 0 aliphatic carbocycles. The minimum atomic E-state index is -3.63. The maximum atomic E-state index is 11.6. The molecular formula is C16H15BrO7S. The first-order valence-corrected chi connectivity index (χ1v) is 9.46. The van der Waals surface area contributed by atoms with E-state index in [-0.39, 0.29) is 21.5 Å². The van der Waals surface area contributed by atoms with Gasteiger partial charge in [0, 0.05) is 5.56 Å². The number of ether oxygens (including phenoxy) is 2. The Kier molecular flexibility index (Phi) is 5.58. The van der Waals surface area contributed by atoms with Gasteiger partial charge in [-0.05, 0) is 39.7 Å². The number of carbonyl (C=O) groups is 1. The van der Waals surface area contributed by atoms with Crippen molar-refractivity contribution in [1.82, 2.24) is 0 Å². The number of hydrogen-bond donors (Lipinski definition) is 1. The zero-order chi connectivity index (χ0) is 18.8. The fourth-order valence-corrected chi connectivity index (χ4v) is 3.34. The number of aromatic carboxylic acids is 1. The van der Waals surface area contributed by atoms with Gasteiger partial charge in [-0.3, -0.25) is 0 Å². The van der Waals surface area contributed by atoms with Crippen LogP contribution in [0.25, 0.3) is 11.1 Å². The molecule has 2 aromatic rings. The average Bonchev–Trinajstić information content (AvgIpc) is 2.53. The van der Waals surface area contributed by atoms with Crippen molar-refractivity contribution in [2.45, 2.75) is 0 Å². The summed E-state index contributed by atoms with van der Waals surface area (Å²) in [4.78, 5) is 11.6. The molecule has 0 atom stereocenters. The van der Waals surface area contributed by atoms with Gasteiger partial charge in [0.15, 0.2) is 0 Å². The van der Waals surface area contributed by atoms with Crippen LogP contribution >= 0.6 is 15.9 Å². The highest BCUT2D eigenvalue weighted by molar-refractivity contribution is 9.10. The minimum Gasteiger partial charge on any atom is -0.496 e. The van der Waals surface area contributed by atoms with Gasteiger partial charge in [-0.1, -0.05) is 12.1 Å². The van der Waals surface area contributed by atoms with E-state index in [4.69, 9.17) is 13.7 Å². The van der Waals surface area contributed by atoms with E-state index in [1.165, 1.54) is 26.4 Å². The first-order chi connectivity index (χ1) is 11.7. The van der Waals surface area contributed by atoms with Gasteiger partial charge >= 0.3 is 16.1 Å². The van der Waals surface area contributed by atoms with Crippen LogP contribution in [0.5, 0.6) is 17.2 Å². The van der Waals surface area contributed by atoms with Crippen LogP contribution in [0.4, 0.5) is 0 Å². The molecule has 7 nitrogen and oxygen atoms in total. The van der Waals surface area contributed by atoms with Crippen LogP contribution in [-0.4, -0.2) is 40.0 Å². The van der Waals surface area contributed by atoms with Crippen molar-refractivity contribution in [3.63, 3.8) is 0 Å². The summed E-state index contributed by atoms with van der Waals surface area (Å²) in [5.41, 5.74) is 1.00.